The van der Waals surface area contributed by atoms with E-state index in [9.17, 15) is 13.2 Å². The number of benzene rings is 3. The highest BCUT2D eigenvalue weighted by atomic mass is 32.2. The zero-order valence-electron chi connectivity index (χ0n) is 34.7. The second kappa shape index (κ2) is 16.4. The first-order valence-electron chi connectivity index (χ1n) is 20.0. The minimum Gasteiger partial charge on any atom is -0.454 e. The van der Waals surface area contributed by atoms with Gasteiger partial charge in [0.15, 0.2) is 38.8 Å². The molecule has 1 saturated heterocycles. The summed E-state index contributed by atoms with van der Waals surface area (Å²) in [6, 6.07) is 15.1. The van der Waals surface area contributed by atoms with Gasteiger partial charge in [0, 0.05) is 41.7 Å². The average Bonchev–Trinajstić information content (AvgIpc) is 3.89. The van der Waals surface area contributed by atoms with Crippen LogP contribution in [0.3, 0.4) is 0 Å². The first-order valence-corrected chi connectivity index (χ1v) is 21.8. The Labute approximate surface area is 343 Å². The monoisotopic (exact) mass is 833 g/mol. The van der Waals surface area contributed by atoms with Gasteiger partial charge in [-0.2, -0.15) is 5.10 Å². The molecule has 0 radical (unpaired) electrons. The fraction of sp³-hybridized carbons (Fsp3) is 0.477. The number of nitrogens with zero attached hydrogens (tertiary/aromatic N) is 3. The molecule has 2 aliphatic heterocycles. The fourth-order valence-electron chi connectivity index (χ4n) is 8.23. The maximum Gasteiger partial charge on any atom is 0.246 e. The molecule has 12 nitrogen and oxygen atoms in total. The van der Waals surface area contributed by atoms with Gasteiger partial charge in [-0.15, -0.1) is 0 Å². The number of hydroxylamine groups is 1. The summed E-state index contributed by atoms with van der Waals surface area (Å²) in [7, 11) is -1.92. The zero-order chi connectivity index (χ0) is 42.3. The molecule has 2 aromatic heterocycles. The summed E-state index contributed by atoms with van der Waals surface area (Å²) < 4.78 is 78.1. The predicted molar refractivity (Wildman–Crippen MR) is 219 cm³/mol. The van der Waals surface area contributed by atoms with Gasteiger partial charge in [0.25, 0.3) is 0 Å². The molecular weight excluding hydrogens is 781 g/mol. The first kappa shape index (κ1) is 42.4. The second-order valence-corrected chi connectivity index (χ2v) is 19.6. The second-order valence-electron chi connectivity index (χ2n) is 17.5. The van der Waals surface area contributed by atoms with Crippen LogP contribution < -0.4 is 10.2 Å². The summed E-state index contributed by atoms with van der Waals surface area (Å²) in [6.07, 6.45) is 3.55. The van der Waals surface area contributed by atoms with Crippen LogP contribution in [0.4, 0.5) is 8.78 Å². The molecule has 1 amide bonds. The maximum absolute atomic E-state index is 15.8. The lowest BCUT2D eigenvalue weighted by Gasteiger charge is -2.31. The normalized spacial score (nSPS) is 22.2. The highest BCUT2D eigenvalue weighted by Gasteiger charge is 2.37. The lowest BCUT2D eigenvalue weighted by atomic mass is 9.75. The number of sulfone groups is 1. The Hall–Kier alpha value is -4.70. The number of H-pyrrole nitrogens is 1. The number of carbonyl (C=O) groups is 1. The number of nitrogens with one attached hydrogen (secondary N) is 2. The van der Waals surface area contributed by atoms with Crippen LogP contribution in [0.1, 0.15) is 83.3 Å². The number of hydrogen-bond acceptors (Lipinski definition) is 9. The third-order valence-electron chi connectivity index (χ3n) is 11.4. The van der Waals surface area contributed by atoms with Crippen molar-refractivity contribution in [3.63, 3.8) is 0 Å². The van der Waals surface area contributed by atoms with Crippen LogP contribution in [-0.4, -0.2) is 70.7 Å². The molecule has 59 heavy (non-hydrogen) atoms. The van der Waals surface area contributed by atoms with Crippen molar-refractivity contribution in [3.05, 3.63) is 94.9 Å². The van der Waals surface area contributed by atoms with Gasteiger partial charge in [0.2, 0.25) is 5.91 Å². The molecule has 0 spiro atoms. The molecule has 2 aliphatic rings. The van der Waals surface area contributed by atoms with E-state index in [2.05, 4.69) is 10.5 Å². The molecule has 316 valence electrons. The SMILES string of the molecule is C[C@@H](Cc1cccc(C2(C)CCCC(C)(C)CS(=O)(=O)CCc3c(c(F)cc4[nH]ccc34)Oc3ccc(F)c(c3)-c3nc2nn3C)c1)C(=O)NOCC1COC(C)(C)O1. The van der Waals surface area contributed by atoms with Crippen molar-refractivity contribution in [3.8, 4) is 22.9 Å². The largest absolute Gasteiger partial charge is 0.454 e. The topological polar surface area (TPSA) is 147 Å². The smallest absolute Gasteiger partial charge is 0.246 e. The number of hydrogen-bond donors (Lipinski definition) is 2. The summed E-state index contributed by atoms with van der Waals surface area (Å²) in [5.41, 5.74) is 3.96. The first-order chi connectivity index (χ1) is 27.8. The standard InChI is InChI=1S/C44H53F2N5O7S/c1-27(40(52)50-56-25-31-24-55-43(4,5)58-31)20-28-10-8-11-29(21-28)44(6)17-9-16-42(2,3)26-59(53,54)19-15-33-32-14-18-47-37(32)23-36(46)38(33)57-30-12-13-35(45)34(22-30)39-48-41(44)49-51(39)7/h8,10-14,18,21-23,27,31,47H,9,15-17,19-20,24-26H2,1-7H3,(H,50,52)/t27-,31?,44?/m0/s1. The lowest BCUT2D eigenvalue weighted by Crippen LogP contribution is -2.34. The number of amides is 1. The van der Waals surface area contributed by atoms with Gasteiger partial charge in [-0.25, -0.2) is 32.3 Å². The molecule has 7 rings (SSSR count). The summed E-state index contributed by atoms with van der Waals surface area (Å²) in [4.78, 5) is 26.5. The number of halogens is 2. The van der Waals surface area contributed by atoms with E-state index in [1.165, 1.54) is 28.9 Å². The van der Waals surface area contributed by atoms with Gasteiger partial charge < -0.3 is 19.2 Å². The lowest BCUT2D eigenvalue weighted by molar-refractivity contribution is -0.154. The maximum atomic E-state index is 15.8. The third-order valence-corrected chi connectivity index (χ3v) is 13.4. The summed E-state index contributed by atoms with van der Waals surface area (Å²) >= 11 is 0. The Bertz CT molecular complexity index is 2460. The van der Waals surface area contributed by atoms with Crippen molar-refractivity contribution in [2.75, 3.05) is 24.7 Å². The van der Waals surface area contributed by atoms with Gasteiger partial charge >= 0.3 is 0 Å². The number of rotatable bonds is 7. The van der Waals surface area contributed by atoms with Crippen LogP contribution >= 0.6 is 0 Å². The van der Waals surface area contributed by atoms with Crippen LogP contribution in [0.25, 0.3) is 22.3 Å². The fourth-order valence-corrected chi connectivity index (χ4v) is 10.2. The van der Waals surface area contributed by atoms with E-state index < -0.39 is 44.0 Å². The number of carbonyl (C=O) groups excluding carboxylic acids is 1. The molecule has 0 saturated carbocycles. The molecule has 3 atom stereocenters. The molecule has 4 bridgehead atoms. The van der Waals surface area contributed by atoms with E-state index in [4.69, 9.17) is 29.1 Å². The van der Waals surface area contributed by atoms with Crippen molar-refractivity contribution >= 4 is 26.6 Å². The average molecular weight is 834 g/mol. The number of aromatic amines is 1. The van der Waals surface area contributed by atoms with Gasteiger partial charge in [-0.3, -0.25) is 9.63 Å². The van der Waals surface area contributed by atoms with Crippen molar-refractivity contribution in [1.29, 1.82) is 0 Å². The number of aryl methyl sites for hydroxylation is 2. The van der Waals surface area contributed by atoms with Crippen molar-refractivity contribution < 1.29 is 41.0 Å². The van der Waals surface area contributed by atoms with Crippen LogP contribution in [0, 0.1) is 23.0 Å². The molecular formula is C44H53F2N5O7S. The predicted octanol–water partition coefficient (Wildman–Crippen LogP) is 7.89. The molecule has 2 N–H and O–H groups in total. The Kier molecular flexibility index (Phi) is 11.8. The van der Waals surface area contributed by atoms with E-state index in [1.807, 2.05) is 65.8 Å². The summed E-state index contributed by atoms with van der Waals surface area (Å²) in [5.74, 6) is -2.20. The van der Waals surface area contributed by atoms with Gasteiger partial charge in [0.05, 0.1) is 29.1 Å². The Morgan fingerprint density at radius 1 is 1.07 bits per heavy atom. The van der Waals surface area contributed by atoms with E-state index in [-0.39, 0.29) is 59.4 Å². The van der Waals surface area contributed by atoms with Gasteiger partial charge in [0.1, 0.15) is 24.3 Å². The van der Waals surface area contributed by atoms with E-state index in [0.29, 0.717) is 54.6 Å². The Balaban J connectivity index is 1.21. The van der Waals surface area contributed by atoms with Crippen molar-refractivity contribution in [1.82, 2.24) is 25.2 Å². The Morgan fingerprint density at radius 3 is 2.63 bits per heavy atom. The van der Waals surface area contributed by atoms with Crippen LogP contribution in [-0.2, 0) is 54.2 Å². The molecule has 2 unspecified atom stereocenters. The highest BCUT2D eigenvalue weighted by Crippen LogP contribution is 2.41. The molecule has 15 heteroatoms. The van der Waals surface area contributed by atoms with Crippen molar-refractivity contribution in [2.45, 2.75) is 91.0 Å². The van der Waals surface area contributed by atoms with E-state index in [1.54, 1.807) is 19.3 Å². The number of fused-ring (bicyclic) bond motifs is 8. The molecule has 3 aromatic carbocycles. The van der Waals surface area contributed by atoms with Crippen LogP contribution in [0.15, 0.2) is 60.8 Å². The van der Waals surface area contributed by atoms with Gasteiger partial charge in [-0.05, 0) is 87.3 Å². The minimum atomic E-state index is -3.62. The molecule has 5 aromatic rings. The highest BCUT2D eigenvalue weighted by molar-refractivity contribution is 7.91. The quantitative estimate of drug-likeness (QED) is 0.156. The Morgan fingerprint density at radius 2 is 1.86 bits per heavy atom. The van der Waals surface area contributed by atoms with Gasteiger partial charge in [-0.1, -0.05) is 51.5 Å². The van der Waals surface area contributed by atoms with E-state index in [0.717, 1.165) is 11.1 Å². The third kappa shape index (κ3) is 9.53. The van der Waals surface area contributed by atoms with E-state index >= 15 is 8.78 Å². The van der Waals surface area contributed by atoms with Crippen molar-refractivity contribution in [2.24, 2.45) is 18.4 Å². The summed E-state index contributed by atoms with van der Waals surface area (Å²) in [6.45, 7) is 11.9. The molecule has 1 fully saturated rings. The number of aromatic nitrogens is 4. The molecule has 0 aliphatic carbocycles. The number of ether oxygens (including phenoxy) is 3. The van der Waals surface area contributed by atoms with Crippen LogP contribution in [0.2, 0.25) is 0 Å². The van der Waals surface area contributed by atoms with Crippen LogP contribution in [0.5, 0.6) is 11.5 Å². The minimum absolute atomic E-state index is 0.0195. The summed E-state index contributed by atoms with van der Waals surface area (Å²) in [5, 5.41) is 5.51. The zero-order valence-corrected chi connectivity index (χ0v) is 35.5. The molecule has 4 heterocycles.